The normalized spacial score (nSPS) is 15.4. The second-order valence-electron chi connectivity index (χ2n) is 15.1. The van der Waals surface area contributed by atoms with Gasteiger partial charge in [-0.2, -0.15) is 0 Å². The summed E-state index contributed by atoms with van der Waals surface area (Å²) in [6.45, 7) is 4.72. The molecule has 51 heavy (non-hydrogen) atoms. The molecule has 11 rings (SSSR count). The standard InChI is InChI=1S/C48H37NO2/c1-48(2)40-19-9-7-14-33(40)34-24-22-31(27-41(34)48)49(30-23-25-44-38(26-30)36-16-8-10-20-43(36)50-44)42-28-39-46-32(29-12-3-4-13-29)18-11-21-45(46)51-47(39)37-17-6-5-15-35(37)42/h5-11,14-29H,3-4,12-13H2,1-2H3. The van der Waals surface area contributed by atoms with E-state index >= 15 is 0 Å². The van der Waals surface area contributed by atoms with Crippen molar-refractivity contribution in [2.45, 2.75) is 50.9 Å². The first-order valence-corrected chi connectivity index (χ1v) is 18.4. The Bertz CT molecular complexity index is 2860. The van der Waals surface area contributed by atoms with Gasteiger partial charge in [0.05, 0.1) is 5.69 Å². The molecule has 9 aromatic rings. The Morgan fingerprint density at radius 3 is 2.10 bits per heavy atom. The van der Waals surface area contributed by atoms with E-state index in [4.69, 9.17) is 8.83 Å². The molecule has 2 aliphatic carbocycles. The number of hydrogen-bond donors (Lipinski definition) is 0. The monoisotopic (exact) mass is 659 g/mol. The minimum absolute atomic E-state index is 0.124. The molecule has 0 unspecified atom stereocenters. The van der Waals surface area contributed by atoms with Crippen LogP contribution in [0.25, 0.3) is 65.8 Å². The SMILES string of the molecule is CC1(C)c2ccccc2-c2ccc(N(c3ccc4oc5ccccc5c4c3)c3cc4c(oc5cccc(C6CCCC6)c54)c4ccccc34)cc21. The largest absolute Gasteiger partial charge is 0.456 e. The molecule has 0 radical (unpaired) electrons. The number of nitrogens with zero attached hydrogens (tertiary/aromatic N) is 1. The number of para-hydroxylation sites is 1. The number of rotatable bonds is 4. The average molecular weight is 660 g/mol. The highest BCUT2D eigenvalue weighted by molar-refractivity contribution is 6.20. The fourth-order valence-electron chi connectivity index (χ4n) is 9.53. The van der Waals surface area contributed by atoms with Crippen LogP contribution < -0.4 is 4.90 Å². The summed E-state index contributed by atoms with van der Waals surface area (Å²) in [5.41, 5.74) is 13.8. The Hall–Kier alpha value is -5.80. The van der Waals surface area contributed by atoms with E-state index in [1.165, 1.54) is 64.3 Å². The molecular weight excluding hydrogens is 623 g/mol. The van der Waals surface area contributed by atoms with Crippen LogP contribution in [-0.4, -0.2) is 0 Å². The summed E-state index contributed by atoms with van der Waals surface area (Å²) >= 11 is 0. The van der Waals surface area contributed by atoms with Gasteiger partial charge in [-0.05, 0) is 95.1 Å². The molecule has 246 valence electrons. The molecule has 0 saturated heterocycles. The van der Waals surface area contributed by atoms with Crippen LogP contribution in [0.4, 0.5) is 17.1 Å². The van der Waals surface area contributed by atoms with Gasteiger partial charge in [-0.3, -0.25) is 0 Å². The van der Waals surface area contributed by atoms with Crippen molar-refractivity contribution in [2.75, 3.05) is 4.90 Å². The van der Waals surface area contributed by atoms with E-state index < -0.39 is 0 Å². The summed E-state index contributed by atoms with van der Waals surface area (Å²) in [5.74, 6) is 0.567. The van der Waals surface area contributed by atoms with Gasteiger partial charge < -0.3 is 13.7 Å². The molecule has 0 spiro atoms. The van der Waals surface area contributed by atoms with E-state index in [1.54, 1.807) is 0 Å². The molecule has 0 bridgehead atoms. The zero-order chi connectivity index (χ0) is 33.8. The highest BCUT2D eigenvalue weighted by Gasteiger charge is 2.36. The third kappa shape index (κ3) is 4.12. The van der Waals surface area contributed by atoms with Crippen molar-refractivity contribution >= 4 is 71.7 Å². The van der Waals surface area contributed by atoms with Crippen LogP contribution in [0.3, 0.4) is 0 Å². The molecule has 1 fully saturated rings. The number of fused-ring (bicyclic) bond motifs is 11. The molecule has 0 amide bonds. The molecule has 0 aliphatic heterocycles. The lowest BCUT2D eigenvalue weighted by atomic mass is 9.82. The van der Waals surface area contributed by atoms with Gasteiger partial charge in [-0.1, -0.05) is 112 Å². The maximum absolute atomic E-state index is 6.80. The van der Waals surface area contributed by atoms with Gasteiger partial charge >= 0.3 is 0 Å². The number of anilines is 3. The Balaban J connectivity index is 1.22. The second-order valence-corrected chi connectivity index (χ2v) is 15.1. The zero-order valence-electron chi connectivity index (χ0n) is 28.9. The number of benzene rings is 7. The van der Waals surface area contributed by atoms with Gasteiger partial charge in [0, 0.05) is 49.1 Å². The molecule has 2 heterocycles. The molecule has 2 aromatic heterocycles. The first-order chi connectivity index (χ1) is 25.0. The molecule has 0 atom stereocenters. The maximum Gasteiger partial charge on any atom is 0.143 e. The van der Waals surface area contributed by atoms with Crippen LogP contribution >= 0.6 is 0 Å². The van der Waals surface area contributed by atoms with Crippen LogP contribution in [0.15, 0.2) is 142 Å². The van der Waals surface area contributed by atoms with E-state index in [-0.39, 0.29) is 5.41 Å². The lowest BCUT2D eigenvalue weighted by Gasteiger charge is -2.29. The Labute approximate surface area is 296 Å². The first kappa shape index (κ1) is 29.0. The Kier molecular flexibility index (Phi) is 6.03. The third-order valence-corrected chi connectivity index (χ3v) is 12.0. The molecule has 7 aromatic carbocycles. The van der Waals surface area contributed by atoms with Crippen molar-refractivity contribution in [1.82, 2.24) is 0 Å². The van der Waals surface area contributed by atoms with Gasteiger partial charge in [0.2, 0.25) is 0 Å². The fraction of sp³-hybridized carbons (Fsp3) is 0.167. The van der Waals surface area contributed by atoms with Crippen molar-refractivity contribution in [2.24, 2.45) is 0 Å². The predicted octanol–water partition coefficient (Wildman–Crippen LogP) is 14.1. The van der Waals surface area contributed by atoms with Gasteiger partial charge in [-0.15, -0.1) is 0 Å². The molecule has 3 nitrogen and oxygen atoms in total. The lowest BCUT2D eigenvalue weighted by molar-refractivity contribution is 0.660. The topological polar surface area (TPSA) is 29.5 Å². The third-order valence-electron chi connectivity index (χ3n) is 12.0. The van der Waals surface area contributed by atoms with Gasteiger partial charge in [-0.25, -0.2) is 0 Å². The molecule has 3 heteroatoms. The van der Waals surface area contributed by atoms with E-state index in [2.05, 4.69) is 146 Å². The van der Waals surface area contributed by atoms with Crippen molar-refractivity contribution in [3.63, 3.8) is 0 Å². The zero-order valence-corrected chi connectivity index (χ0v) is 28.9. The molecule has 1 saturated carbocycles. The van der Waals surface area contributed by atoms with Gasteiger partial charge in [0.1, 0.15) is 22.3 Å². The van der Waals surface area contributed by atoms with Crippen molar-refractivity contribution in [3.05, 3.63) is 150 Å². The summed E-state index contributed by atoms with van der Waals surface area (Å²) in [4.78, 5) is 2.47. The van der Waals surface area contributed by atoms with Crippen LogP contribution in [0, 0.1) is 0 Å². The molecule has 2 aliphatic rings. The van der Waals surface area contributed by atoms with E-state index in [0.29, 0.717) is 5.92 Å². The van der Waals surface area contributed by atoms with Crippen LogP contribution in [0.5, 0.6) is 0 Å². The first-order valence-electron chi connectivity index (χ1n) is 18.4. The summed E-state index contributed by atoms with van der Waals surface area (Å²) in [7, 11) is 0. The molecule has 0 N–H and O–H groups in total. The van der Waals surface area contributed by atoms with Crippen molar-refractivity contribution in [3.8, 4) is 11.1 Å². The van der Waals surface area contributed by atoms with E-state index in [1.807, 2.05) is 6.07 Å². The minimum atomic E-state index is -0.124. The quantitative estimate of drug-likeness (QED) is 0.188. The maximum atomic E-state index is 6.80. The Morgan fingerprint density at radius 2 is 1.22 bits per heavy atom. The Morgan fingerprint density at radius 1 is 0.529 bits per heavy atom. The number of hydrogen-bond acceptors (Lipinski definition) is 3. The van der Waals surface area contributed by atoms with Crippen molar-refractivity contribution < 1.29 is 8.83 Å². The number of furan rings is 2. The smallest absolute Gasteiger partial charge is 0.143 e. The average Bonchev–Trinajstić information content (AvgIpc) is 3.96. The lowest BCUT2D eigenvalue weighted by Crippen LogP contribution is -2.16. The predicted molar refractivity (Wildman–Crippen MR) is 212 cm³/mol. The fourth-order valence-corrected chi connectivity index (χ4v) is 9.53. The highest BCUT2D eigenvalue weighted by Crippen LogP contribution is 2.52. The summed E-state index contributed by atoms with van der Waals surface area (Å²) in [5, 5.41) is 6.99. The van der Waals surface area contributed by atoms with E-state index in [9.17, 15) is 0 Å². The summed E-state index contributed by atoms with van der Waals surface area (Å²) < 4.78 is 13.1. The minimum Gasteiger partial charge on any atom is -0.456 e. The van der Waals surface area contributed by atoms with Gasteiger partial charge in [0.15, 0.2) is 0 Å². The molecular formula is C48H37NO2. The highest BCUT2D eigenvalue weighted by atomic mass is 16.3. The van der Waals surface area contributed by atoms with Gasteiger partial charge in [0.25, 0.3) is 0 Å². The van der Waals surface area contributed by atoms with Crippen LogP contribution in [-0.2, 0) is 5.41 Å². The van der Waals surface area contributed by atoms with E-state index in [0.717, 1.165) is 60.9 Å². The second kappa shape index (κ2) is 10.6. The van der Waals surface area contributed by atoms with Crippen LogP contribution in [0.1, 0.15) is 62.1 Å². The summed E-state index contributed by atoms with van der Waals surface area (Å²) in [6, 6.07) is 48.8. The summed E-state index contributed by atoms with van der Waals surface area (Å²) in [6.07, 6.45) is 5.07. The van der Waals surface area contributed by atoms with Crippen molar-refractivity contribution in [1.29, 1.82) is 0 Å². The van der Waals surface area contributed by atoms with Crippen LogP contribution in [0.2, 0.25) is 0 Å².